The second kappa shape index (κ2) is 4.98. The largest absolute Gasteiger partial charge is 0.329 e. The zero-order valence-corrected chi connectivity index (χ0v) is 10.3. The zero-order valence-electron chi connectivity index (χ0n) is 10.3. The summed E-state index contributed by atoms with van der Waals surface area (Å²) in [6.07, 6.45) is 1.31. The summed E-state index contributed by atoms with van der Waals surface area (Å²) in [6, 6.07) is 9.20. The lowest BCUT2D eigenvalue weighted by Crippen LogP contribution is -2.31. The van der Waals surface area contributed by atoms with E-state index in [-0.39, 0.29) is 0 Å². The summed E-state index contributed by atoms with van der Waals surface area (Å²) in [6.45, 7) is 7.55. The molecule has 2 N–H and O–H groups in total. The van der Waals surface area contributed by atoms with Crippen LogP contribution in [-0.4, -0.2) is 24.5 Å². The van der Waals surface area contributed by atoms with Gasteiger partial charge in [0.05, 0.1) is 0 Å². The minimum Gasteiger partial charge on any atom is -0.329 e. The molecule has 1 saturated heterocycles. The quantitative estimate of drug-likeness (QED) is 0.843. The molecule has 0 radical (unpaired) electrons. The Balaban J connectivity index is 2.13. The van der Waals surface area contributed by atoms with Crippen LogP contribution < -0.4 is 5.73 Å². The Morgan fingerprint density at radius 2 is 2.06 bits per heavy atom. The van der Waals surface area contributed by atoms with Gasteiger partial charge >= 0.3 is 0 Å². The third kappa shape index (κ3) is 2.45. The summed E-state index contributed by atoms with van der Waals surface area (Å²) >= 11 is 0. The van der Waals surface area contributed by atoms with Crippen LogP contribution in [0.2, 0.25) is 0 Å². The molecule has 2 rings (SSSR count). The van der Waals surface area contributed by atoms with Gasteiger partial charge in [-0.15, -0.1) is 0 Å². The third-order valence-electron chi connectivity index (χ3n) is 3.58. The van der Waals surface area contributed by atoms with Gasteiger partial charge in [-0.2, -0.15) is 0 Å². The average molecular weight is 218 g/mol. The topological polar surface area (TPSA) is 29.3 Å². The van der Waals surface area contributed by atoms with Crippen molar-refractivity contribution in [2.45, 2.75) is 26.3 Å². The molecule has 0 aromatic heterocycles. The van der Waals surface area contributed by atoms with Gasteiger partial charge in [0.15, 0.2) is 0 Å². The molecule has 88 valence electrons. The highest BCUT2D eigenvalue weighted by Crippen LogP contribution is 2.26. The Morgan fingerprint density at radius 1 is 1.38 bits per heavy atom. The van der Waals surface area contributed by atoms with Crippen LogP contribution >= 0.6 is 0 Å². The summed E-state index contributed by atoms with van der Waals surface area (Å²) in [7, 11) is 0. The summed E-state index contributed by atoms with van der Waals surface area (Å²) < 4.78 is 0. The van der Waals surface area contributed by atoms with E-state index in [0.717, 1.165) is 12.5 Å². The number of nitrogens with zero attached hydrogens (tertiary/aromatic N) is 1. The van der Waals surface area contributed by atoms with E-state index in [1.54, 1.807) is 0 Å². The highest BCUT2D eigenvalue weighted by Gasteiger charge is 2.25. The van der Waals surface area contributed by atoms with Crippen molar-refractivity contribution in [3.63, 3.8) is 0 Å². The van der Waals surface area contributed by atoms with Gasteiger partial charge in [0.2, 0.25) is 0 Å². The smallest absolute Gasteiger partial charge is 0.0470 e. The van der Waals surface area contributed by atoms with Crippen LogP contribution in [0.1, 0.15) is 30.5 Å². The summed E-state index contributed by atoms with van der Waals surface area (Å²) in [5, 5.41) is 0. The second-order valence-corrected chi connectivity index (χ2v) is 5.05. The first kappa shape index (κ1) is 11.6. The van der Waals surface area contributed by atoms with Crippen molar-refractivity contribution in [2.75, 3.05) is 19.6 Å². The predicted octanol–water partition coefficient (Wildman–Crippen LogP) is 2.34. The highest BCUT2D eigenvalue weighted by atomic mass is 15.2. The van der Waals surface area contributed by atoms with Crippen LogP contribution in [0.15, 0.2) is 24.3 Å². The third-order valence-corrected chi connectivity index (χ3v) is 3.58. The number of benzene rings is 1. The van der Waals surface area contributed by atoms with Crippen molar-refractivity contribution < 1.29 is 0 Å². The maximum atomic E-state index is 5.93. The molecule has 16 heavy (non-hydrogen) atoms. The predicted molar refractivity (Wildman–Crippen MR) is 68.3 cm³/mol. The van der Waals surface area contributed by atoms with Crippen molar-refractivity contribution in [1.29, 1.82) is 0 Å². The maximum absolute atomic E-state index is 5.93. The molecule has 2 heteroatoms. The summed E-state index contributed by atoms with van der Waals surface area (Å²) in [5.41, 5.74) is 8.60. The van der Waals surface area contributed by atoms with Crippen LogP contribution in [-0.2, 0) is 0 Å². The van der Waals surface area contributed by atoms with E-state index < -0.39 is 0 Å². The van der Waals surface area contributed by atoms with Crippen molar-refractivity contribution in [3.8, 4) is 0 Å². The summed E-state index contributed by atoms with van der Waals surface area (Å²) in [4.78, 5) is 2.52. The van der Waals surface area contributed by atoms with E-state index in [1.165, 1.54) is 30.6 Å². The lowest BCUT2D eigenvalue weighted by Gasteiger charge is -2.27. The molecule has 0 aliphatic carbocycles. The first-order valence-corrected chi connectivity index (χ1v) is 6.21. The fourth-order valence-corrected chi connectivity index (χ4v) is 2.54. The van der Waals surface area contributed by atoms with E-state index in [0.29, 0.717) is 6.04 Å². The van der Waals surface area contributed by atoms with Crippen LogP contribution in [0.25, 0.3) is 0 Å². The number of likely N-dealkylation sites (tertiary alicyclic amines) is 1. The Hall–Kier alpha value is -0.860. The first-order chi connectivity index (χ1) is 7.70. The normalized spacial score (nSPS) is 23.6. The minimum atomic E-state index is 0.408. The zero-order chi connectivity index (χ0) is 11.5. The molecule has 1 aromatic rings. The molecular formula is C14H22N2. The fraction of sp³-hybridized carbons (Fsp3) is 0.571. The molecule has 0 amide bonds. The van der Waals surface area contributed by atoms with Crippen molar-refractivity contribution in [2.24, 2.45) is 11.7 Å². The van der Waals surface area contributed by atoms with E-state index in [1.807, 2.05) is 0 Å². The molecule has 1 aromatic carbocycles. The minimum absolute atomic E-state index is 0.408. The molecule has 0 bridgehead atoms. The van der Waals surface area contributed by atoms with Crippen molar-refractivity contribution in [3.05, 3.63) is 35.4 Å². The van der Waals surface area contributed by atoms with Gasteiger partial charge in [-0.1, -0.05) is 36.8 Å². The molecule has 1 aliphatic heterocycles. The molecule has 0 spiro atoms. The van der Waals surface area contributed by atoms with Crippen molar-refractivity contribution in [1.82, 2.24) is 4.90 Å². The van der Waals surface area contributed by atoms with E-state index >= 15 is 0 Å². The van der Waals surface area contributed by atoms with Gasteiger partial charge in [0, 0.05) is 19.1 Å². The van der Waals surface area contributed by atoms with Gasteiger partial charge < -0.3 is 5.73 Å². The molecule has 2 unspecified atom stereocenters. The monoisotopic (exact) mass is 218 g/mol. The number of rotatable bonds is 3. The SMILES string of the molecule is Cc1ccc(C(CN)N2CCC(C)C2)cc1. The number of nitrogens with two attached hydrogens (primary N) is 1. The molecule has 1 fully saturated rings. The van der Waals surface area contributed by atoms with Gasteiger partial charge in [0.25, 0.3) is 0 Å². The fourth-order valence-electron chi connectivity index (χ4n) is 2.54. The Kier molecular flexibility index (Phi) is 3.62. The van der Waals surface area contributed by atoms with Crippen LogP contribution in [0.4, 0.5) is 0 Å². The lowest BCUT2D eigenvalue weighted by atomic mass is 10.0. The summed E-state index contributed by atoms with van der Waals surface area (Å²) in [5.74, 6) is 0.819. The van der Waals surface area contributed by atoms with Crippen LogP contribution in [0.5, 0.6) is 0 Å². The van der Waals surface area contributed by atoms with Crippen LogP contribution in [0, 0.1) is 12.8 Å². The van der Waals surface area contributed by atoms with E-state index in [4.69, 9.17) is 5.73 Å². The molecule has 2 nitrogen and oxygen atoms in total. The Labute approximate surface area is 98.4 Å². The molecule has 1 aliphatic rings. The van der Waals surface area contributed by atoms with E-state index in [2.05, 4.69) is 43.0 Å². The van der Waals surface area contributed by atoms with Crippen LogP contribution in [0.3, 0.4) is 0 Å². The maximum Gasteiger partial charge on any atom is 0.0470 e. The number of hydrogen-bond donors (Lipinski definition) is 1. The second-order valence-electron chi connectivity index (χ2n) is 5.05. The first-order valence-electron chi connectivity index (χ1n) is 6.21. The number of aryl methyl sites for hydroxylation is 1. The Bertz CT molecular complexity index is 331. The molecule has 2 atom stereocenters. The molecule has 0 saturated carbocycles. The molecule has 1 heterocycles. The molecular weight excluding hydrogens is 196 g/mol. The van der Waals surface area contributed by atoms with Gasteiger partial charge in [-0.3, -0.25) is 4.90 Å². The highest BCUT2D eigenvalue weighted by molar-refractivity contribution is 5.24. The lowest BCUT2D eigenvalue weighted by molar-refractivity contribution is 0.244. The van der Waals surface area contributed by atoms with Crippen molar-refractivity contribution >= 4 is 0 Å². The van der Waals surface area contributed by atoms with Gasteiger partial charge in [-0.25, -0.2) is 0 Å². The standard InChI is InChI=1S/C14H22N2/c1-11-3-5-13(6-4-11)14(9-15)16-8-7-12(2)10-16/h3-6,12,14H,7-10,15H2,1-2H3. The van der Waals surface area contributed by atoms with Gasteiger partial charge in [0.1, 0.15) is 0 Å². The van der Waals surface area contributed by atoms with E-state index in [9.17, 15) is 0 Å². The average Bonchev–Trinajstić information content (AvgIpc) is 2.69. The number of hydrogen-bond acceptors (Lipinski definition) is 2. The Morgan fingerprint density at radius 3 is 2.56 bits per heavy atom. The van der Waals surface area contributed by atoms with Gasteiger partial charge in [-0.05, 0) is 31.4 Å².